The van der Waals surface area contributed by atoms with E-state index >= 15 is 0 Å². The highest BCUT2D eigenvalue weighted by atomic mass is 32.2. The fourth-order valence-electron chi connectivity index (χ4n) is 7.28. The van der Waals surface area contributed by atoms with Crippen LogP contribution in [0.25, 0.3) is 0 Å². The van der Waals surface area contributed by atoms with E-state index in [9.17, 15) is 30.0 Å². The molecular weight excluding hydrogens is 492 g/mol. The lowest BCUT2D eigenvalue weighted by Gasteiger charge is -2.48. The van der Waals surface area contributed by atoms with Crippen molar-refractivity contribution in [1.82, 2.24) is 4.90 Å². The number of carbonyl (C=O) groups excluding carboxylic acids is 2. The van der Waals surface area contributed by atoms with Gasteiger partial charge in [0, 0.05) is 29.9 Å². The van der Waals surface area contributed by atoms with Gasteiger partial charge >= 0.3 is 0 Å². The van der Waals surface area contributed by atoms with Gasteiger partial charge in [0.15, 0.2) is 5.78 Å². The third-order valence-corrected chi connectivity index (χ3v) is 9.38. The molecule has 1 aromatic rings. The summed E-state index contributed by atoms with van der Waals surface area (Å²) < 4.78 is 0. The number of phenols is 1. The number of hydrogen-bond acceptors (Lipinski definition) is 8. The monoisotopic (exact) mass is 528 g/mol. The van der Waals surface area contributed by atoms with Crippen molar-refractivity contribution in [2.24, 2.45) is 23.5 Å². The van der Waals surface area contributed by atoms with Crippen molar-refractivity contribution >= 4 is 23.5 Å². The lowest BCUT2D eigenvalue weighted by atomic mass is 9.58. The molecule has 5 rings (SSSR count). The summed E-state index contributed by atoms with van der Waals surface area (Å²) in [5.41, 5.74) is 6.23. The summed E-state index contributed by atoms with van der Waals surface area (Å²) in [7, 11) is 0. The number of aliphatic hydroxyl groups is 3. The van der Waals surface area contributed by atoms with E-state index in [-0.39, 0.29) is 52.2 Å². The van der Waals surface area contributed by atoms with Gasteiger partial charge < -0.3 is 26.2 Å². The summed E-state index contributed by atoms with van der Waals surface area (Å²) in [4.78, 5) is 28.5. The number of aromatic hydroxyl groups is 1. The predicted octanol–water partition coefficient (Wildman–Crippen LogP) is 3.50. The molecule has 1 saturated heterocycles. The minimum absolute atomic E-state index is 0.0385. The highest BCUT2D eigenvalue weighted by molar-refractivity contribution is 7.97. The molecule has 4 aliphatic rings. The van der Waals surface area contributed by atoms with Crippen molar-refractivity contribution in [3.05, 3.63) is 51.0 Å². The molecule has 37 heavy (non-hydrogen) atoms. The normalized spacial score (nSPS) is 30.1. The molecule has 1 aliphatic heterocycles. The molecule has 6 N–H and O–H groups in total. The number of ketones is 1. The predicted molar refractivity (Wildman–Crippen MR) is 141 cm³/mol. The molecule has 1 heterocycles. The largest absolute Gasteiger partial charge is 0.512 e. The number of fused-ring (bicyclic) bond motifs is 3. The number of amides is 1. The van der Waals surface area contributed by atoms with Crippen molar-refractivity contribution in [2.45, 2.75) is 63.3 Å². The Kier molecular flexibility index (Phi) is 6.83. The Morgan fingerprint density at radius 2 is 1.86 bits per heavy atom. The van der Waals surface area contributed by atoms with Crippen LogP contribution in [0.4, 0.5) is 0 Å². The molecule has 9 heteroatoms. The Morgan fingerprint density at radius 3 is 2.51 bits per heavy atom. The van der Waals surface area contributed by atoms with Crippen molar-refractivity contribution in [1.29, 1.82) is 0 Å². The Hall–Kier alpha value is -2.49. The van der Waals surface area contributed by atoms with Crippen LogP contribution in [0.5, 0.6) is 5.75 Å². The van der Waals surface area contributed by atoms with E-state index in [4.69, 9.17) is 5.73 Å². The van der Waals surface area contributed by atoms with E-state index < -0.39 is 23.2 Å². The molecule has 0 saturated carbocycles. The van der Waals surface area contributed by atoms with Gasteiger partial charge in [0.05, 0.1) is 17.1 Å². The Balaban J connectivity index is 1.62. The van der Waals surface area contributed by atoms with E-state index in [1.54, 1.807) is 11.8 Å². The van der Waals surface area contributed by atoms with Crippen LogP contribution < -0.4 is 5.73 Å². The molecule has 1 fully saturated rings. The van der Waals surface area contributed by atoms with Crippen LogP contribution in [0.15, 0.2) is 28.7 Å². The van der Waals surface area contributed by atoms with Gasteiger partial charge in [0.1, 0.15) is 22.9 Å². The number of nitrogens with zero attached hydrogens (tertiary/aromatic N) is 1. The van der Waals surface area contributed by atoms with Crippen LogP contribution in [0.1, 0.15) is 66.1 Å². The van der Waals surface area contributed by atoms with Gasteiger partial charge in [-0.3, -0.25) is 14.5 Å². The molecule has 4 atom stereocenters. The van der Waals surface area contributed by atoms with Crippen LogP contribution >= 0.6 is 11.8 Å². The fourth-order valence-corrected chi connectivity index (χ4v) is 7.81. The zero-order valence-electron chi connectivity index (χ0n) is 21.4. The Morgan fingerprint density at radius 1 is 1.16 bits per heavy atom. The Bertz CT molecular complexity index is 1210. The first kappa shape index (κ1) is 26.1. The SMILES string of the molecule is CSCc1cc(CN2CCCCC2)c2c(c1O)C(=O)C1=C(O)C3C(CC(O)=C(C(N)=O)C3(C)O)CC1C2. The smallest absolute Gasteiger partial charge is 0.250 e. The first-order chi connectivity index (χ1) is 17.6. The summed E-state index contributed by atoms with van der Waals surface area (Å²) in [6, 6.07) is 2.03. The second-order valence-corrected chi connectivity index (χ2v) is 12.1. The number of thioether (sulfide) groups is 1. The second-order valence-electron chi connectivity index (χ2n) is 11.2. The molecule has 0 radical (unpaired) electrons. The summed E-state index contributed by atoms with van der Waals surface area (Å²) >= 11 is 1.56. The summed E-state index contributed by atoms with van der Waals surface area (Å²) in [6.45, 7) is 4.07. The zero-order chi connectivity index (χ0) is 26.6. The lowest BCUT2D eigenvalue weighted by Crippen LogP contribution is -2.52. The number of allylic oxidation sites excluding steroid dienone is 2. The average Bonchev–Trinajstić information content (AvgIpc) is 2.81. The molecule has 200 valence electrons. The quantitative estimate of drug-likeness (QED) is 0.391. The molecule has 1 aromatic carbocycles. The molecule has 8 nitrogen and oxygen atoms in total. The number of carbonyl (C=O) groups is 2. The number of primary amides is 1. The number of piperidine rings is 1. The van der Waals surface area contributed by atoms with Gasteiger partial charge in [-0.1, -0.05) is 6.42 Å². The van der Waals surface area contributed by atoms with Gasteiger partial charge in [0.25, 0.3) is 5.91 Å². The number of rotatable bonds is 5. The third kappa shape index (κ3) is 4.25. The van der Waals surface area contributed by atoms with Gasteiger partial charge in [-0.2, -0.15) is 11.8 Å². The maximum atomic E-state index is 14.0. The van der Waals surface area contributed by atoms with E-state index in [2.05, 4.69) is 4.90 Å². The standard InChI is InChI=1S/C28H36N2O6S/c1-28(36)22-15(11-19(31)23(28)27(29)35)8-14-10-18-16(12-30-6-4-3-5-7-30)9-17(13-37-2)24(32)21(18)25(33)20(14)26(22)34/h9,14-15,22,31-32,34,36H,3-8,10-13H2,1-2H3,(H2,29,35). The minimum Gasteiger partial charge on any atom is -0.512 e. The summed E-state index contributed by atoms with van der Waals surface area (Å²) in [5, 5.41) is 44.6. The fraction of sp³-hybridized carbons (Fsp3) is 0.571. The number of Topliss-reactive ketones (excluding diaryl/α,β-unsaturated/α-hetero) is 1. The molecule has 0 bridgehead atoms. The molecule has 0 aromatic heterocycles. The first-order valence-electron chi connectivity index (χ1n) is 13.1. The summed E-state index contributed by atoms with van der Waals surface area (Å²) in [6.07, 6.45) is 6.49. The average molecular weight is 529 g/mol. The van der Waals surface area contributed by atoms with Crippen molar-refractivity contribution in [2.75, 3.05) is 19.3 Å². The molecule has 4 unspecified atom stereocenters. The van der Waals surface area contributed by atoms with Crippen LogP contribution in [-0.4, -0.2) is 62.0 Å². The number of aliphatic hydroxyl groups excluding tert-OH is 2. The number of likely N-dealkylation sites (tertiary alicyclic amines) is 1. The van der Waals surface area contributed by atoms with E-state index in [0.29, 0.717) is 30.7 Å². The highest BCUT2D eigenvalue weighted by Gasteiger charge is 2.55. The molecule has 3 aliphatic carbocycles. The minimum atomic E-state index is -1.93. The van der Waals surface area contributed by atoms with E-state index in [0.717, 1.165) is 37.1 Å². The summed E-state index contributed by atoms with van der Waals surface area (Å²) in [5.74, 6) is -3.01. The van der Waals surface area contributed by atoms with Gasteiger partial charge in [-0.15, -0.1) is 0 Å². The van der Waals surface area contributed by atoms with Crippen molar-refractivity contribution < 1.29 is 30.0 Å². The molecule has 1 amide bonds. The van der Waals surface area contributed by atoms with Crippen LogP contribution in [0, 0.1) is 17.8 Å². The molecule has 0 spiro atoms. The van der Waals surface area contributed by atoms with Gasteiger partial charge in [-0.25, -0.2) is 0 Å². The zero-order valence-corrected chi connectivity index (χ0v) is 22.2. The van der Waals surface area contributed by atoms with Crippen LogP contribution in [-0.2, 0) is 23.5 Å². The first-order valence-corrected chi connectivity index (χ1v) is 14.5. The van der Waals surface area contributed by atoms with Crippen molar-refractivity contribution in [3.8, 4) is 5.75 Å². The van der Waals surface area contributed by atoms with Crippen molar-refractivity contribution in [3.63, 3.8) is 0 Å². The number of nitrogens with two attached hydrogens (primary N) is 1. The van der Waals surface area contributed by atoms with Crippen LogP contribution in [0.3, 0.4) is 0 Å². The van der Waals surface area contributed by atoms with E-state index in [1.165, 1.54) is 13.3 Å². The number of phenolic OH excluding ortho intramolecular Hbond substituents is 1. The maximum absolute atomic E-state index is 14.0. The maximum Gasteiger partial charge on any atom is 0.250 e. The second kappa shape index (κ2) is 9.67. The molecular formula is C28H36N2O6S. The highest BCUT2D eigenvalue weighted by Crippen LogP contribution is 2.54. The topological polar surface area (TPSA) is 144 Å². The number of benzene rings is 1. The van der Waals surface area contributed by atoms with Gasteiger partial charge in [0.2, 0.25) is 0 Å². The number of hydrogen-bond donors (Lipinski definition) is 5. The van der Waals surface area contributed by atoms with Crippen LogP contribution in [0.2, 0.25) is 0 Å². The van der Waals surface area contributed by atoms with Gasteiger partial charge in [-0.05, 0) is 81.0 Å². The Labute approximate surface area is 221 Å². The lowest BCUT2D eigenvalue weighted by molar-refractivity contribution is -0.119. The third-order valence-electron chi connectivity index (χ3n) is 8.78. The van der Waals surface area contributed by atoms with E-state index in [1.807, 2.05) is 12.3 Å².